The van der Waals surface area contributed by atoms with Crippen molar-refractivity contribution < 1.29 is 37.4 Å². The van der Waals surface area contributed by atoms with E-state index in [-0.39, 0.29) is 18.9 Å². The first-order valence-corrected chi connectivity index (χ1v) is 10.8. The normalized spacial score (nSPS) is 14.5. The minimum Gasteiger partial charge on any atom is -0.480 e. The summed E-state index contributed by atoms with van der Waals surface area (Å²) in [7, 11) is 0. The first-order chi connectivity index (χ1) is 16.1. The fourth-order valence-electron chi connectivity index (χ4n) is 4.04. The lowest BCUT2D eigenvalue weighted by atomic mass is 9.98. The van der Waals surface area contributed by atoms with Gasteiger partial charge in [-0.1, -0.05) is 61.9 Å². The van der Waals surface area contributed by atoms with Crippen LogP contribution >= 0.6 is 0 Å². The fraction of sp³-hybridized carbons (Fsp3) is 0.375. The van der Waals surface area contributed by atoms with E-state index in [0.717, 1.165) is 22.3 Å². The predicted octanol–water partition coefficient (Wildman–Crippen LogP) is 4.22. The lowest BCUT2D eigenvalue weighted by Gasteiger charge is -2.22. The molecule has 0 heterocycles. The van der Waals surface area contributed by atoms with Crippen LogP contribution in [-0.2, 0) is 14.3 Å². The number of benzene rings is 2. The van der Waals surface area contributed by atoms with Crippen LogP contribution in [0.3, 0.4) is 0 Å². The molecular weight excluding hydrogens is 453 g/mol. The Morgan fingerprint density at radius 1 is 0.971 bits per heavy atom. The monoisotopic (exact) mass is 478 g/mol. The molecule has 1 aliphatic rings. The number of hydrogen-bond donors (Lipinski definition) is 3. The van der Waals surface area contributed by atoms with Crippen molar-refractivity contribution in [3.63, 3.8) is 0 Å². The van der Waals surface area contributed by atoms with E-state index in [9.17, 15) is 27.6 Å². The number of ether oxygens (including phenoxy) is 1. The molecule has 10 heteroatoms. The lowest BCUT2D eigenvalue weighted by Crippen LogP contribution is -2.52. The first kappa shape index (κ1) is 25.1. The molecule has 0 aliphatic heterocycles. The van der Waals surface area contributed by atoms with Gasteiger partial charge in [-0.05, 0) is 28.7 Å². The number of hydrogen-bond acceptors (Lipinski definition) is 4. The molecule has 3 N–H and O–H groups in total. The summed E-state index contributed by atoms with van der Waals surface area (Å²) < 4.78 is 43.3. The van der Waals surface area contributed by atoms with Crippen molar-refractivity contribution in [2.75, 3.05) is 6.61 Å². The summed E-state index contributed by atoms with van der Waals surface area (Å²) in [6.45, 7) is 1.70. The van der Waals surface area contributed by atoms with Gasteiger partial charge in [-0.2, -0.15) is 13.2 Å². The van der Waals surface area contributed by atoms with Crippen LogP contribution in [0.25, 0.3) is 11.1 Å². The lowest BCUT2D eigenvalue weighted by molar-refractivity contribution is -0.160. The van der Waals surface area contributed by atoms with E-state index < -0.39 is 42.7 Å². The molecule has 2 atom stereocenters. The highest BCUT2D eigenvalue weighted by Crippen LogP contribution is 2.44. The maximum atomic E-state index is 12.6. The van der Waals surface area contributed by atoms with Crippen molar-refractivity contribution in [1.82, 2.24) is 10.6 Å². The highest BCUT2D eigenvalue weighted by molar-refractivity contribution is 5.89. The summed E-state index contributed by atoms with van der Waals surface area (Å²) in [5.74, 6) is -3.05. The summed E-state index contributed by atoms with van der Waals surface area (Å²) in [5.41, 5.74) is 4.08. The molecule has 2 aromatic rings. The standard InChI is InChI=1S/C24H25F3N2O5/c1-2-7-19(21(30)28-20(22(31)32)12-24(25,26)27)29-23(33)34-13-18-16-10-5-3-8-14(16)15-9-4-6-11-17(15)18/h3-6,8-11,18-20H,2,7,12-13H2,1H3,(H,28,30)(H,29,33)(H,31,32). The van der Waals surface area contributed by atoms with E-state index in [4.69, 9.17) is 9.84 Å². The number of carboxylic acid groups (broad SMARTS) is 1. The van der Waals surface area contributed by atoms with Crippen LogP contribution in [0.4, 0.5) is 18.0 Å². The molecule has 0 spiro atoms. The second kappa shape index (κ2) is 10.6. The number of aliphatic carboxylic acids is 1. The second-order valence-corrected chi connectivity index (χ2v) is 8.03. The van der Waals surface area contributed by atoms with Gasteiger partial charge in [0.1, 0.15) is 18.7 Å². The number of carbonyl (C=O) groups excluding carboxylic acids is 2. The molecule has 2 unspecified atom stereocenters. The summed E-state index contributed by atoms with van der Waals surface area (Å²) in [6, 6.07) is 12.1. The molecule has 0 saturated carbocycles. The van der Waals surface area contributed by atoms with Crippen LogP contribution in [0.15, 0.2) is 48.5 Å². The fourth-order valence-corrected chi connectivity index (χ4v) is 4.04. The number of carbonyl (C=O) groups is 3. The largest absolute Gasteiger partial charge is 0.480 e. The number of alkyl halides is 3. The van der Waals surface area contributed by atoms with Crippen molar-refractivity contribution in [3.8, 4) is 11.1 Å². The van der Waals surface area contributed by atoms with Gasteiger partial charge in [0.15, 0.2) is 0 Å². The molecule has 0 bridgehead atoms. The SMILES string of the molecule is CCCC(NC(=O)OCC1c2ccccc2-c2ccccc21)C(=O)NC(CC(F)(F)F)C(=O)O. The molecule has 182 valence electrons. The van der Waals surface area contributed by atoms with Crippen molar-refractivity contribution in [3.05, 3.63) is 59.7 Å². The molecule has 2 aromatic carbocycles. The van der Waals surface area contributed by atoms with Crippen LogP contribution in [0.2, 0.25) is 0 Å². The van der Waals surface area contributed by atoms with E-state index in [2.05, 4.69) is 5.32 Å². The molecule has 2 amide bonds. The first-order valence-electron chi connectivity index (χ1n) is 10.8. The predicted molar refractivity (Wildman–Crippen MR) is 117 cm³/mol. The Bertz CT molecular complexity index is 1010. The third kappa shape index (κ3) is 6.06. The zero-order valence-electron chi connectivity index (χ0n) is 18.4. The summed E-state index contributed by atoms with van der Waals surface area (Å²) in [5, 5.41) is 13.2. The van der Waals surface area contributed by atoms with Crippen LogP contribution < -0.4 is 10.6 Å². The van der Waals surface area contributed by atoms with Gasteiger partial charge in [0.25, 0.3) is 0 Å². The van der Waals surface area contributed by atoms with Crippen LogP contribution in [0.5, 0.6) is 0 Å². The maximum absolute atomic E-state index is 12.6. The summed E-state index contributed by atoms with van der Waals surface area (Å²) >= 11 is 0. The Hall–Kier alpha value is -3.56. The highest BCUT2D eigenvalue weighted by atomic mass is 19.4. The van der Waals surface area contributed by atoms with Gasteiger partial charge in [-0.3, -0.25) is 4.79 Å². The topological polar surface area (TPSA) is 105 Å². The van der Waals surface area contributed by atoms with Gasteiger partial charge in [0, 0.05) is 5.92 Å². The molecule has 0 saturated heterocycles. The van der Waals surface area contributed by atoms with Crippen LogP contribution in [-0.4, -0.2) is 47.9 Å². The Kier molecular flexibility index (Phi) is 7.80. The van der Waals surface area contributed by atoms with E-state index >= 15 is 0 Å². The smallest absolute Gasteiger partial charge is 0.407 e. The molecule has 3 rings (SSSR count). The molecule has 0 fully saturated rings. The quantitative estimate of drug-likeness (QED) is 0.501. The number of alkyl carbamates (subject to hydrolysis) is 1. The van der Waals surface area contributed by atoms with E-state index in [1.807, 2.05) is 53.8 Å². The van der Waals surface area contributed by atoms with Crippen LogP contribution in [0.1, 0.15) is 43.2 Å². The molecular formula is C24H25F3N2O5. The number of rotatable bonds is 9. The highest BCUT2D eigenvalue weighted by Gasteiger charge is 2.37. The average molecular weight is 478 g/mol. The van der Waals surface area contributed by atoms with Crippen molar-refractivity contribution in [2.45, 2.75) is 50.4 Å². The van der Waals surface area contributed by atoms with Gasteiger partial charge in [0.05, 0.1) is 6.42 Å². The minimum atomic E-state index is -4.78. The van der Waals surface area contributed by atoms with Crippen molar-refractivity contribution in [1.29, 1.82) is 0 Å². The van der Waals surface area contributed by atoms with E-state index in [0.29, 0.717) is 6.42 Å². The minimum absolute atomic E-state index is 0.00779. The number of carboxylic acids is 1. The van der Waals surface area contributed by atoms with Gasteiger partial charge >= 0.3 is 18.2 Å². The Morgan fingerprint density at radius 3 is 2.03 bits per heavy atom. The Labute approximate surface area is 194 Å². The molecule has 1 aliphatic carbocycles. The maximum Gasteiger partial charge on any atom is 0.407 e. The zero-order valence-corrected chi connectivity index (χ0v) is 18.4. The Balaban J connectivity index is 1.64. The van der Waals surface area contributed by atoms with E-state index in [1.165, 1.54) is 0 Å². The third-order valence-electron chi connectivity index (χ3n) is 5.58. The number of halogens is 3. The molecule has 34 heavy (non-hydrogen) atoms. The van der Waals surface area contributed by atoms with Crippen LogP contribution in [0, 0.1) is 0 Å². The summed E-state index contributed by atoms with van der Waals surface area (Å²) in [6.07, 6.45) is -6.92. The number of fused-ring (bicyclic) bond motifs is 3. The van der Waals surface area contributed by atoms with E-state index in [1.54, 1.807) is 6.92 Å². The average Bonchev–Trinajstić information content (AvgIpc) is 3.09. The molecule has 0 aromatic heterocycles. The third-order valence-corrected chi connectivity index (χ3v) is 5.58. The Morgan fingerprint density at radius 2 is 1.53 bits per heavy atom. The zero-order chi connectivity index (χ0) is 24.9. The van der Waals surface area contributed by atoms with Gasteiger partial charge in [-0.25, -0.2) is 9.59 Å². The molecule has 0 radical (unpaired) electrons. The molecule has 7 nitrogen and oxygen atoms in total. The summed E-state index contributed by atoms with van der Waals surface area (Å²) in [4.78, 5) is 36.0. The van der Waals surface area contributed by atoms with Gasteiger partial charge in [0.2, 0.25) is 5.91 Å². The van der Waals surface area contributed by atoms with Crippen molar-refractivity contribution >= 4 is 18.0 Å². The van der Waals surface area contributed by atoms with Crippen molar-refractivity contribution in [2.24, 2.45) is 0 Å². The second-order valence-electron chi connectivity index (χ2n) is 8.03. The van der Waals surface area contributed by atoms with Gasteiger partial charge in [-0.15, -0.1) is 0 Å². The number of nitrogens with one attached hydrogen (secondary N) is 2. The number of amides is 2. The van der Waals surface area contributed by atoms with Gasteiger partial charge < -0.3 is 20.5 Å².